The average molecular weight is 229 g/mol. The maximum atomic E-state index is 12.3. The van der Waals surface area contributed by atoms with Crippen molar-refractivity contribution in [3.8, 4) is 0 Å². The fourth-order valence-corrected chi connectivity index (χ4v) is 1.70. The number of nitrogens with zero attached hydrogens (tertiary/aromatic N) is 1. The Morgan fingerprint density at radius 3 is 2.65 bits per heavy atom. The molecule has 0 radical (unpaired) electrons. The van der Waals surface area contributed by atoms with Crippen LogP contribution in [0.3, 0.4) is 0 Å². The van der Waals surface area contributed by atoms with Crippen LogP contribution in [0.4, 0.5) is 0 Å². The van der Waals surface area contributed by atoms with Gasteiger partial charge >= 0.3 is 0 Å². The summed E-state index contributed by atoms with van der Waals surface area (Å²) in [4.78, 5) is 16.6. The van der Waals surface area contributed by atoms with Crippen LogP contribution in [0.1, 0.15) is 24.2 Å². The van der Waals surface area contributed by atoms with Crippen LogP contribution in [-0.2, 0) is 4.74 Å². The molecule has 1 heterocycles. The highest BCUT2D eigenvalue weighted by Crippen LogP contribution is 2.22. The minimum atomic E-state index is -0.828. The van der Waals surface area contributed by atoms with E-state index in [2.05, 4.69) is 4.98 Å². The maximum absolute atomic E-state index is 12.3. The van der Waals surface area contributed by atoms with Crippen LogP contribution in [0.5, 0.6) is 0 Å². The molecule has 0 saturated heterocycles. The van der Waals surface area contributed by atoms with Crippen molar-refractivity contribution in [3.05, 3.63) is 42.1 Å². The molecule has 0 aliphatic heterocycles. The summed E-state index contributed by atoms with van der Waals surface area (Å²) in [6.07, 6.45) is 1.69. The number of fused-ring (bicyclic) bond motifs is 1. The number of Topliss-reactive ketones (excluding diaryl/α,β-unsaturated/α-hetero) is 1. The van der Waals surface area contributed by atoms with Gasteiger partial charge in [0.1, 0.15) is 5.60 Å². The van der Waals surface area contributed by atoms with Crippen molar-refractivity contribution in [2.75, 3.05) is 7.11 Å². The van der Waals surface area contributed by atoms with E-state index in [9.17, 15) is 4.79 Å². The number of aromatic nitrogens is 1. The smallest absolute Gasteiger partial charge is 0.196 e. The van der Waals surface area contributed by atoms with Gasteiger partial charge in [-0.3, -0.25) is 9.78 Å². The Morgan fingerprint density at radius 2 is 1.94 bits per heavy atom. The van der Waals surface area contributed by atoms with E-state index in [0.717, 1.165) is 10.9 Å². The lowest BCUT2D eigenvalue weighted by molar-refractivity contribution is 0.0229. The van der Waals surface area contributed by atoms with E-state index in [1.54, 1.807) is 26.1 Å². The Hall–Kier alpha value is -1.74. The summed E-state index contributed by atoms with van der Waals surface area (Å²) in [7, 11) is 1.54. The first kappa shape index (κ1) is 11.7. The molecule has 0 N–H and O–H groups in total. The van der Waals surface area contributed by atoms with Crippen molar-refractivity contribution in [2.45, 2.75) is 19.4 Å². The number of hydrogen-bond acceptors (Lipinski definition) is 3. The summed E-state index contributed by atoms with van der Waals surface area (Å²) in [5, 5.41) is 0.963. The summed E-state index contributed by atoms with van der Waals surface area (Å²) < 4.78 is 5.23. The molecular weight excluding hydrogens is 214 g/mol. The normalized spacial score (nSPS) is 11.7. The SMILES string of the molecule is COC(C)(C)C(=O)c1cccc2cccnc12. The van der Waals surface area contributed by atoms with Crippen molar-refractivity contribution in [3.63, 3.8) is 0 Å². The molecule has 3 nitrogen and oxygen atoms in total. The first-order valence-electron chi connectivity index (χ1n) is 5.50. The fraction of sp³-hybridized carbons (Fsp3) is 0.286. The minimum absolute atomic E-state index is 0.0516. The highest BCUT2D eigenvalue weighted by Gasteiger charge is 2.29. The van der Waals surface area contributed by atoms with Crippen LogP contribution in [-0.4, -0.2) is 23.5 Å². The zero-order valence-electron chi connectivity index (χ0n) is 10.2. The molecule has 1 aromatic carbocycles. The van der Waals surface area contributed by atoms with Gasteiger partial charge in [0.25, 0.3) is 0 Å². The van der Waals surface area contributed by atoms with Gasteiger partial charge in [0.2, 0.25) is 0 Å². The van der Waals surface area contributed by atoms with Gasteiger partial charge in [0, 0.05) is 24.3 Å². The second-order valence-corrected chi connectivity index (χ2v) is 4.42. The molecule has 2 aromatic rings. The molecule has 88 valence electrons. The number of benzene rings is 1. The highest BCUT2D eigenvalue weighted by molar-refractivity contribution is 6.10. The Kier molecular flexibility index (Phi) is 2.94. The summed E-state index contributed by atoms with van der Waals surface area (Å²) in [6, 6.07) is 9.40. The maximum Gasteiger partial charge on any atom is 0.196 e. The molecule has 0 atom stereocenters. The average Bonchev–Trinajstić information content (AvgIpc) is 2.37. The number of ether oxygens (including phenoxy) is 1. The lowest BCUT2D eigenvalue weighted by atomic mass is 9.94. The number of para-hydroxylation sites is 1. The van der Waals surface area contributed by atoms with Crippen molar-refractivity contribution >= 4 is 16.7 Å². The highest BCUT2D eigenvalue weighted by atomic mass is 16.5. The second-order valence-electron chi connectivity index (χ2n) is 4.42. The molecule has 0 unspecified atom stereocenters. The van der Waals surface area contributed by atoms with Crippen molar-refractivity contribution < 1.29 is 9.53 Å². The fourth-order valence-electron chi connectivity index (χ4n) is 1.70. The molecule has 2 rings (SSSR count). The van der Waals surface area contributed by atoms with Gasteiger partial charge in [0.05, 0.1) is 5.52 Å². The number of carbonyl (C=O) groups excluding carboxylic acids is 1. The largest absolute Gasteiger partial charge is 0.371 e. The van der Waals surface area contributed by atoms with Crippen LogP contribution in [0.2, 0.25) is 0 Å². The number of methoxy groups -OCH3 is 1. The molecule has 17 heavy (non-hydrogen) atoms. The van der Waals surface area contributed by atoms with Crippen LogP contribution in [0, 0.1) is 0 Å². The van der Waals surface area contributed by atoms with Gasteiger partial charge in [-0.15, -0.1) is 0 Å². The van der Waals surface area contributed by atoms with Gasteiger partial charge in [-0.25, -0.2) is 0 Å². The summed E-state index contributed by atoms with van der Waals surface area (Å²) >= 11 is 0. The predicted molar refractivity (Wildman–Crippen MR) is 67.2 cm³/mol. The number of ketones is 1. The molecule has 3 heteroatoms. The molecule has 1 aromatic heterocycles. The van der Waals surface area contributed by atoms with E-state index in [1.165, 1.54) is 7.11 Å². The number of carbonyl (C=O) groups is 1. The third kappa shape index (κ3) is 2.06. The molecule has 0 amide bonds. The van der Waals surface area contributed by atoms with E-state index >= 15 is 0 Å². The molecule has 0 spiro atoms. The van der Waals surface area contributed by atoms with Crippen LogP contribution >= 0.6 is 0 Å². The van der Waals surface area contributed by atoms with E-state index in [1.807, 2.05) is 24.3 Å². The molecular formula is C14H15NO2. The van der Waals surface area contributed by atoms with Gasteiger partial charge in [0.15, 0.2) is 5.78 Å². The molecule has 0 bridgehead atoms. The first-order valence-corrected chi connectivity index (χ1v) is 5.50. The Bertz CT molecular complexity index is 556. The van der Waals surface area contributed by atoms with Gasteiger partial charge in [-0.2, -0.15) is 0 Å². The van der Waals surface area contributed by atoms with Crippen molar-refractivity contribution in [2.24, 2.45) is 0 Å². The van der Waals surface area contributed by atoms with Gasteiger partial charge < -0.3 is 4.74 Å². The predicted octanol–water partition coefficient (Wildman–Crippen LogP) is 2.84. The molecule has 0 saturated carbocycles. The van der Waals surface area contributed by atoms with Crippen molar-refractivity contribution in [1.29, 1.82) is 0 Å². The quantitative estimate of drug-likeness (QED) is 0.760. The third-order valence-electron chi connectivity index (χ3n) is 2.93. The number of hydrogen-bond donors (Lipinski definition) is 0. The van der Waals surface area contributed by atoms with Crippen molar-refractivity contribution in [1.82, 2.24) is 4.98 Å². The zero-order chi connectivity index (χ0) is 12.5. The lowest BCUT2D eigenvalue weighted by Gasteiger charge is -2.21. The van der Waals surface area contributed by atoms with Crippen LogP contribution < -0.4 is 0 Å². The molecule has 0 fully saturated rings. The second kappa shape index (κ2) is 4.26. The summed E-state index contributed by atoms with van der Waals surface area (Å²) in [5.41, 5.74) is 0.506. The minimum Gasteiger partial charge on any atom is -0.371 e. The monoisotopic (exact) mass is 229 g/mol. The van der Waals surface area contributed by atoms with Crippen LogP contribution in [0.15, 0.2) is 36.5 Å². The Morgan fingerprint density at radius 1 is 1.24 bits per heavy atom. The molecule has 0 aliphatic rings. The molecule has 0 aliphatic carbocycles. The van der Waals surface area contributed by atoms with Gasteiger partial charge in [-0.05, 0) is 26.0 Å². The number of rotatable bonds is 3. The summed E-state index contributed by atoms with van der Waals surface area (Å²) in [5.74, 6) is -0.0516. The number of pyridine rings is 1. The summed E-state index contributed by atoms with van der Waals surface area (Å²) in [6.45, 7) is 3.52. The van der Waals surface area contributed by atoms with E-state index in [0.29, 0.717) is 5.56 Å². The zero-order valence-corrected chi connectivity index (χ0v) is 10.2. The Labute approximate surface area is 100 Å². The standard InChI is InChI=1S/C14H15NO2/c1-14(2,17-3)13(16)11-8-4-6-10-7-5-9-15-12(10)11/h4-9H,1-3H3. The lowest BCUT2D eigenvalue weighted by Crippen LogP contribution is -2.34. The Balaban J connectivity index is 2.60. The van der Waals surface area contributed by atoms with E-state index in [4.69, 9.17) is 4.74 Å². The van der Waals surface area contributed by atoms with E-state index in [-0.39, 0.29) is 5.78 Å². The topological polar surface area (TPSA) is 39.2 Å². The third-order valence-corrected chi connectivity index (χ3v) is 2.93. The van der Waals surface area contributed by atoms with E-state index < -0.39 is 5.60 Å². The van der Waals surface area contributed by atoms with Gasteiger partial charge in [-0.1, -0.05) is 18.2 Å². The van der Waals surface area contributed by atoms with Crippen LogP contribution in [0.25, 0.3) is 10.9 Å². The first-order chi connectivity index (χ1) is 8.06.